The molecule has 2 aromatic carbocycles. The van der Waals surface area contributed by atoms with Crippen molar-refractivity contribution in [3.63, 3.8) is 0 Å². The number of allylic oxidation sites excluding steroid dienone is 10. The van der Waals surface area contributed by atoms with Crippen LogP contribution in [0.2, 0.25) is 0 Å². The quantitative estimate of drug-likeness (QED) is 0.0946. The molecule has 2 aliphatic rings. The normalized spacial score (nSPS) is 16.7. The van der Waals surface area contributed by atoms with Crippen LogP contribution in [0.4, 0.5) is 0 Å². The Morgan fingerprint density at radius 1 is 0.857 bits per heavy atom. The number of hydrogen-bond acceptors (Lipinski definition) is 6. The van der Waals surface area contributed by atoms with Crippen molar-refractivity contribution in [2.24, 2.45) is 4.99 Å². The summed E-state index contributed by atoms with van der Waals surface area (Å²) in [6.07, 6.45) is 26.9. The molecular weight excluding hydrogens is 601 g/mol. The van der Waals surface area contributed by atoms with Gasteiger partial charge in [-0.15, -0.1) is 0 Å². The Kier molecular flexibility index (Phi) is 11.1. The van der Waals surface area contributed by atoms with Crippen LogP contribution in [-0.2, 0) is 0 Å². The molecule has 6 nitrogen and oxygen atoms in total. The highest BCUT2D eigenvalue weighted by Crippen LogP contribution is 2.31. The molecule has 1 N–H and O–H groups in total. The van der Waals surface area contributed by atoms with E-state index in [1.807, 2.05) is 30.3 Å². The zero-order chi connectivity index (χ0) is 33.8. The van der Waals surface area contributed by atoms with Gasteiger partial charge in [-0.1, -0.05) is 91.1 Å². The van der Waals surface area contributed by atoms with Gasteiger partial charge in [0.05, 0.1) is 5.71 Å². The minimum Gasteiger partial charge on any atom is -0.360 e. The topological polar surface area (TPSA) is 76.0 Å². The first-order chi connectivity index (χ1) is 24.1. The fraction of sp³-hybridized carbons (Fsp3) is 0.186. The van der Waals surface area contributed by atoms with Crippen molar-refractivity contribution in [2.75, 3.05) is 0 Å². The summed E-state index contributed by atoms with van der Waals surface area (Å²) in [4.78, 5) is 23.4. The van der Waals surface area contributed by atoms with Crippen molar-refractivity contribution in [3.05, 3.63) is 180 Å². The molecule has 0 saturated heterocycles. The Bertz CT molecular complexity index is 1980. The molecule has 3 heterocycles. The van der Waals surface area contributed by atoms with Crippen LogP contribution in [0.25, 0.3) is 22.5 Å². The number of aliphatic imine (C=N–C) groups is 1. The SMILES string of the molecule is C=C(/C=C(\C=C(/C)c1ccccc1)C1N=C(c2cccc(-c3ncccn3)c2)C=C(C2=CC(c3ncccn3)=CCC2)N1)CCC/C=C\C. The van der Waals surface area contributed by atoms with Gasteiger partial charge in [-0.3, -0.25) is 4.99 Å². The van der Waals surface area contributed by atoms with Crippen LogP contribution < -0.4 is 5.32 Å². The number of nitrogens with zero attached hydrogens (tertiary/aromatic N) is 5. The highest BCUT2D eigenvalue weighted by atomic mass is 15.1. The average Bonchev–Trinajstić information content (AvgIpc) is 3.17. The Balaban J connectivity index is 1.43. The lowest BCUT2D eigenvalue weighted by atomic mass is 9.93. The van der Waals surface area contributed by atoms with E-state index in [4.69, 9.17) is 4.99 Å². The number of rotatable bonds is 12. The summed E-state index contributed by atoms with van der Waals surface area (Å²) in [5.74, 6) is 1.41. The van der Waals surface area contributed by atoms with Crippen LogP contribution in [-0.4, -0.2) is 31.8 Å². The third-order valence-corrected chi connectivity index (χ3v) is 8.50. The molecule has 6 rings (SSSR count). The van der Waals surface area contributed by atoms with Gasteiger partial charge in [0.25, 0.3) is 0 Å². The number of aromatic nitrogens is 4. The van der Waals surface area contributed by atoms with Crippen LogP contribution >= 0.6 is 0 Å². The van der Waals surface area contributed by atoms with Gasteiger partial charge in [-0.2, -0.15) is 0 Å². The second kappa shape index (κ2) is 16.4. The summed E-state index contributed by atoms with van der Waals surface area (Å²) in [5.41, 5.74) is 10.6. The van der Waals surface area contributed by atoms with Crippen LogP contribution in [0.5, 0.6) is 0 Å². The molecule has 2 aromatic heterocycles. The predicted octanol–water partition coefficient (Wildman–Crippen LogP) is 9.67. The molecule has 0 radical (unpaired) electrons. The second-order valence-electron chi connectivity index (χ2n) is 12.2. The lowest BCUT2D eigenvalue weighted by Crippen LogP contribution is -2.34. The van der Waals surface area contributed by atoms with Crippen molar-refractivity contribution < 1.29 is 0 Å². The van der Waals surface area contributed by atoms with E-state index in [9.17, 15) is 0 Å². The van der Waals surface area contributed by atoms with Crippen LogP contribution in [0.1, 0.15) is 62.9 Å². The van der Waals surface area contributed by atoms with E-state index >= 15 is 0 Å². The highest BCUT2D eigenvalue weighted by Gasteiger charge is 2.23. The predicted molar refractivity (Wildman–Crippen MR) is 202 cm³/mol. The van der Waals surface area contributed by atoms with E-state index < -0.39 is 0 Å². The van der Waals surface area contributed by atoms with Gasteiger partial charge in [0, 0.05) is 47.2 Å². The van der Waals surface area contributed by atoms with E-state index in [0.717, 1.165) is 82.8 Å². The summed E-state index contributed by atoms with van der Waals surface area (Å²) in [7, 11) is 0. The minimum absolute atomic E-state index is 0.346. The third kappa shape index (κ3) is 8.79. The number of hydrogen-bond donors (Lipinski definition) is 1. The van der Waals surface area contributed by atoms with E-state index in [2.05, 4.69) is 125 Å². The lowest BCUT2D eigenvalue weighted by Gasteiger charge is -2.28. The van der Waals surface area contributed by atoms with E-state index in [1.54, 1.807) is 24.8 Å². The molecule has 0 saturated carbocycles. The van der Waals surface area contributed by atoms with Crippen LogP contribution in [0.15, 0.2) is 168 Å². The van der Waals surface area contributed by atoms with E-state index in [-0.39, 0.29) is 6.17 Å². The Hall–Kier alpha value is -5.75. The van der Waals surface area contributed by atoms with E-state index in [1.165, 1.54) is 11.1 Å². The standard InChI is InChI=1S/C43H42N6/c1-4-5-6-8-15-31(2)26-38(27-32(3)33-16-9-7-10-17-33)43-48-39(34-18-11-20-36(28-34)41-44-22-13-23-45-41)30-40(49-43)35-19-12-21-37(29-35)42-46-24-14-25-47-42/h4-5,7,9-11,13-14,16-18,20-30,43,49H,2,6,8,12,15,19H2,1,3H3/b5-4-,32-27+,38-26+. The smallest absolute Gasteiger partial charge is 0.159 e. The molecule has 0 amide bonds. The first kappa shape index (κ1) is 33.2. The summed E-state index contributed by atoms with van der Waals surface area (Å²) < 4.78 is 0. The molecule has 6 heteroatoms. The van der Waals surface area contributed by atoms with Crippen molar-refractivity contribution in [1.82, 2.24) is 25.3 Å². The lowest BCUT2D eigenvalue weighted by molar-refractivity contribution is 0.667. The van der Waals surface area contributed by atoms with Crippen molar-refractivity contribution in [2.45, 2.75) is 52.1 Å². The molecule has 1 atom stereocenters. The molecular formula is C43H42N6. The zero-order valence-electron chi connectivity index (χ0n) is 28.3. The molecule has 1 aliphatic heterocycles. The maximum atomic E-state index is 5.38. The zero-order valence-corrected chi connectivity index (χ0v) is 28.3. The van der Waals surface area contributed by atoms with Gasteiger partial charge in [0.1, 0.15) is 6.17 Å². The third-order valence-electron chi connectivity index (χ3n) is 8.50. The van der Waals surface area contributed by atoms with Crippen molar-refractivity contribution >= 4 is 16.9 Å². The van der Waals surface area contributed by atoms with Gasteiger partial charge in [-0.25, -0.2) is 19.9 Å². The average molecular weight is 643 g/mol. The molecule has 244 valence electrons. The van der Waals surface area contributed by atoms with Gasteiger partial charge >= 0.3 is 0 Å². The molecule has 0 spiro atoms. The van der Waals surface area contributed by atoms with Gasteiger partial charge in [0.2, 0.25) is 0 Å². The summed E-state index contributed by atoms with van der Waals surface area (Å²) in [5, 5.41) is 3.83. The maximum Gasteiger partial charge on any atom is 0.159 e. The fourth-order valence-electron chi connectivity index (χ4n) is 5.98. The van der Waals surface area contributed by atoms with Crippen LogP contribution in [0, 0.1) is 0 Å². The monoisotopic (exact) mass is 642 g/mol. The minimum atomic E-state index is -0.346. The number of benzene rings is 2. The molecule has 0 bridgehead atoms. The van der Waals surface area contributed by atoms with Gasteiger partial charge in [-0.05, 0) is 98.6 Å². The van der Waals surface area contributed by atoms with Crippen LogP contribution in [0.3, 0.4) is 0 Å². The summed E-state index contributed by atoms with van der Waals surface area (Å²) in [6.45, 7) is 8.70. The molecule has 0 fully saturated rings. The Morgan fingerprint density at radius 3 is 2.35 bits per heavy atom. The summed E-state index contributed by atoms with van der Waals surface area (Å²) in [6, 6.07) is 22.5. The van der Waals surface area contributed by atoms with Gasteiger partial charge < -0.3 is 5.32 Å². The first-order valence-electron chi connectivity index (χ1n) is 16.9. The van der Waals surface area contributed by atoms with Gasteiger partial charge in [0.15, 0.2) is 11.6 Å². The Morgan fingerprint density at radius 2 is 1.59 bits per heavy atom. The fourth-order valence-corrected chi connectivity index (χ4v) is 5.98. The molecule has 1 aliphatic carbocycles. The highest BCUT2D eigenvalue weighted by molar-refractivity contribution is 6.10. The second-order valence-corrected chi connectivity index (χ2v) is 12.2. The Labute approximate surface area is 289 Å². The largest absolute Gasteiger partial charge is 0.360 e. The maximum absolute atomic E-state index is 5.38. The number of nitrogens with one attached hydrogen (secondary N) is 1. The van der Waals surface area contributed by atoms with Crippen molar-refractivity contribution in [3.8, 4) is 11.4 Å². The molecule has 49 heavy (non-hydrogen) atoms. The van der Waals surface area contributed by atoms with Crippen molar-refractivity contribution in [1.29, 1.82) is 0 Å². The summed E-state index contributed by atoms with van der Waals surface area (Å²) >= 11 is 0. The van der Waals surface area contributed by atoms with E-state index in [0.29, 0.717) is 5.82 Å². The first-order valence-corrected chi connectivity index (χ1v) is 16.9. The molecule has 4 aromatic rings. The molecule has 1 unspecified atom stereocenters. The number of unbranched alkanes of at least 4 members (excludes halogenated alkanes) is 1.